The molecule has 122 valence electrons. The molecule has 6 nitrogen and oxygen atoms in total. The molecular formula is C16H26N4O2. The minimum absolute atomic E-state index is 0.0289. The Morgan fingerprint density at radius 2 is 2.18 bits per heavy atom. The zero-order chi connectivity index (χ0) is 15.8. The SMILES string of the molecule is CCOCCN1CCN(CC(=O)Nc2ccncc2)CC1C. The van der Waals surface area contributed by atoms with Crippen LogP contribution in [0.15, 0.2) is 24.5 Å². The van der Waals surface area contributed by atoms with Crippen LogP contribution in [0.3, 0.4) is 0 Å². The van der Waals surface area contributed by atoms with Crippen LogP contribution in [0.1, 0.15) is 13.8 Å². The molecule has 1 saturated heterocycles. The van der Waals surface area contributed by atoms with Crippen molar-refractivity contribution >= 4 is 11.6 Å². The maximum atomic E-state index is 12.1. The van der Waals surface area contributed by atoms with Crippen molar-refractivity contribution in [2.45, 2.75) is 19.9 Å². The Kier molecular flexibility index (Phi) is 6.76. The summed E-state index contributed by atoms with van der Waals surface area (Å²) in [7, 11) is 0. The van der Waals surface area contributed by atoms with Gasteiger partial charge in [-0.1, -0.05) is 0 Å². The van der Waals surface area contributed by atoms with Gasteiger partial charge in [0, 0.05) is 56.9 Å². The molecule has 0 radical (unpaired) electrons. The van der Waals surface area contributed by atoms with Gasteiger partial charge in [0.25, 0.3) is 0 Å². The third-order valence-corrected chi connectivity index (χ3v) is 3.91. The van der Waals surface area contributed by atoms with Crippen molar-refractivity contribution in [3.8, 4) is 0 Å². The molecule has 1 aliphatic rings. The van der Waals surface area contributed by atoms with Crippen molar-refractivity contribution < 1.29 is 9.53 Å². The second-order valence-corrected chi connectivity index (χ2v) is 5.60. The molecular weight excluding hydrogens is 280 g/mol. The molecule has 1 fully saturated rings. The highest BCUT2D eigenvalue weighted by Gasteiger charge is 2.24. The van der Waals surface area contributed by atoms with Gasteiger partial charge in [0.15, 0.2) is 0 Å². The van der Waals surface area contributed by atoms with Crippen molar-refractivity contribution in [3.05, 3.63) is 24.5 Å². The maximum absolute atomic E-state index is 12.1. The molecule has 0 spiro atoms. The van der Waals surface area contributed by atoms with Crippen molar-refractivity contribution in [2.75, 3.05) is 51.3 Å². The largest absolute Gasteiger partial charge is 0.380 e. The average Bonchev–Trinajstić information content (AvgIpc) is 2.50. The Balaban J connectivity index is 1.72. The van der Waals surface area contributed by atoms with Gasteiger partial charge in [-0.15, -0.1) is 0 Å². The monoisotopic (exact) mass is 306 g/mol. The molecule has 0 aromatic carbocycles. The second kappa shape index (κ2) is 8.82. The number of carbonyl (C=O) groups is 1. The number of piperazine rings is 1. The lowest BCUT2D eigenvalue weighted by atomic mass is 10.2. The zero-order valence-electron chi connectivity index (χ0n) is 13.5. The molecule has 0 saturated carbocycles. The molecule has 1 aromatic heterocycles. The molecule has 1 aromatic rings. The summed E-state index contributed by atoms with van der Waals surface area (Å²) < 4.78 is 5.42. The highest BCUT2D eigenvalue weighted by atomic mass is 16.5. The first-order valence-corrected chi connectivity index (χ1v) is 7.93. The van der Waals surface area contributed by atoms with Crippen LogP contribution in [0.5, 0.6) is 0 Å². The topological polar surface area (TPSA) is 57.7 Å². The highest BCUT2D eigenvalue weighted by Crippen LogP contribution is 2.10. The normalized spacial score (nSPS) is 20.0. The van der Waals surface area contributed by atoms with Crippen molar-refractivity contribution in [3.63, 3.8) is 0 Å². The van der Waals surface area contributed by atoms with E-state index in [-0.39, 0.29) is 5.91 Å². The average molecular weight is 306 g/mol. The van der Waals surface area contributed by atoms with E-state index in [9.17, 15) is 4.79 Å². The highest BCUT2D eigenvalue weighted by molar-refractivity contribution is 5.92. The third kappa shape index (κ3) is 5.36. The van der Waals surface area contributed by atoms with E-state index < -0.39 is 0 Å². The van der Waals surface area contributed by atoms with E-state index >= 15 is 0 Å². The molecule has 2 rings (SSSR count). The summed E-state index contributed by atoms with van der Waals surface area (Å²) in [5.74, 6) is 0.0289. The summed E-state index contributed by atoms with van der Waals surface area (Å²) in [4.78, 5) is 20.6. The van der Waals surface area contributed by atoms with Gasteiger partial charge in [-0.05, 0) is 26.0 Å². The quantitative estimate of drug-likeness (QED) is 0.764. The molecule has 22 heavy (non-hydrogen) atoms. The summed E-state index contributed by atoms with van der Waals surface area (Å²) in [5, 5.41) is 2.90. The van der Waals surface area contributed by atoms with E-state index in [4.69, 9.17) is 4.74 Å². The van der Waals surface area contributed by atoms with Gasteiger partial charge in [-0.3, -0.25) is 19.6 Å². The molecule has 1 unspecified atom stereocenters. The number of hydrogen-bond donors (Lipinski definition) is 1. The summed E-state index contributed by atoms with van der Waals surface area (Å²) in [5.41, 5.74) is 0.795. The number of aromatic nitrogens is 1. The number of nitrogens with zero attached hydrogens (tertiary/aromatic N) is 3. The number of ether oxygens (including phenoxy) is 1. The van der Waals surface area contributed by atoms with Crippen LogP contribution in [-0.4, -0.2) is 72.7 Å². The van der Waals surface area contributed by atoms with E-state index in [1.807, 2.05) is 6.92 Å². The summed E-state index contributed by atoms with van der Waals surface area (Å²) in [6.45, 7) is 9.99. The molecule has 1 amide bonds. The molecule has 2 heterocycles. The summed E-state index contributed by atoms with van der Waals surface area (Å²) >= 11 is 0. The van der Waals surface area contributed by atoms with Crippen LogP contribution in [0.2, 0.25) is 0 Å². The van der Waals surface area contributed by atoms with Gasteiger partial charge in [0.1, 0.15) is 0 Å². The lowest BCUT2D eigenvalue weighted by Crippen LogP contribution is -2.54. The van der Waals surface area contributed by atoms with Gasteiger partial charge < -0.3 is 10.1 Å². The fourth-order valence-corrected chi connectivity index (χ4v) is 2.71. The van der Waals surface area contributed by atoms with Gasteiger partial charge >= 0.3 is 0 Å². The molecule has 1 atom stereocenters. The summed E-state index contributed by atoms with van der Waals surface area (Å²) in [6, 6.07) is 4.04. The Labute approximate surface area is 132 Å². The number of carbonyl (C=O) groups excluding carboxylic acids is 1. The second-order valence-electron chi connectivity index (χ2n) is 5.60. The molecule has 0 bridgehead atoms. The van der Waals surface area contributed by atoms with Crippen molar-refractivity contribution in [1.82, 2.24) is 14.8 Å². The predicted molar refractivity (Wildman–Crippen MR) is 86.8 cm³/mol. The van der Waals surface area contributed by atoms with Crippen molar-refractivity contribution in [1.29, 1.82) is 0 Å². The van der Waals surface area contributed by atoms with Gasteiger partial charge in [-0.2, -0.15) is 0 Å². The minimum atomic E-state index is 0.0289. The smallest absolute Gasteiger partial charge is 0.238 e. The predicted octanol–water partition coefficient (Wildman–Crippen LogP) is 1.06. The van der Waals surface area contributed by atoms with E-state index in [1.165, 1.54) is 0 Å². The van der Waals surface area contributed by atoms with Crippen LogP contribution < -0.4 is 5.32 Å². The molecule has 6 heteroatoms. The Morgan fingerprint density at radius 3 is 2.86 bits per heavy atom. The van der Waals surface area contributed by atoms with Crippen LogP contribution >= 0.6 is 0 Å². The van der Waals surface area contributed by atoms with Crippen LogP contribution in [-0.2, 0) is 9.53 Å². The maximum Gasteiger partial charge on any atom is 0.238 e. The fraction of sp³-hybridized carbons (Fsp3) is 0.625. The Hall–Kier alpha value is -1.50. The Morgan fingerprint density at radius 1 is 1.41 bits per heavy atom. The lowest BCUT2D eigenvalue weighted by molar-refractivity contribution is -0.118. The lowest BCUT2D eigenvalue weighted by Gasteiger charge is -2.39. The van der Waals surface area contributed by atoms with Gasteiger partial charge in [-0.25, -0.2) is 0 Å². The number of amides is 1. The van der Waals surface area contributed by atoms with E-state index in [1.54, 1.807) is 24.5 Å². The number of nitrogens with one attached hydrogen (secondary N) is 1. The Bertz CT molecular complexity index is 455. The number of pyridine rings is 1. The number of hydrogen-bond acceptors (Lipinski definition) is 5. The van der Waals surface area contributed by atoms with Crippen LogP contribution in [0.4, 0.5) is 5.69 Å². The van der Waals surface area contributed by atoms with Crippen LogP contribution in [0.25, 0.3) is 0 Å². The van der Waals surface area contributed by atoms with Crippen molar-refractivity contribution in [2.24, 2.45) is 0 Å². The third-order valence-electron chi connectivity index (χ3n) is 3.91. The molecule has 0 aliphatic carbocycles. The number of rotatable bonds is 7. The van der Waals surface area contributed by atoms with E-state index in [2.05, 4.69) is 27.0 Å². The first-order valence-electron chi connectivity index (χ1n) is 7.93. The standard InChI is InChI=1S/C16H26N4O2/c1-3-22-11-10-20-9-8-19(12-14(20)2)13-16(21)18-15-4-6-17-7-5-15/h4-7,14H,3,8-13H2,1-2H3,(H,17,18,21). The molecule has 1 aliphatic heterocycles. The van der Waals surface area contributed by atoms with Crippen LogP contribution in [0, 0.1) is 0 Å². The van der Waals surface area contributed by atoms with E-state index in [0.717, 1.165) is 45.1 Å². The zero-order valence-corrected chi connectivity index (χ0v) is 13.5. The first kappa shape index (κ1) is 16.9. The van der Waals surface area contributed by atoms with Gasteiger partial charge in [0.05, 0.1) is 13.2 Å². The molecule has 1 N–H and O–H groups in total. The van der Waals surface area contributed by atoms with E-state index in [0.29, 0.717) is 12.6 Å². The number of anilines is 1. The minimum Gasteiger partial charge on any atom is -0.380 e. The van der Waals surface area contributed by atoms with Gasteiger partial charge in [0.2, 0.25) is 5.91 Å². The fourth-order valence-electron chi connectivity index (χ4n) is 2.71. The first-order chi connectivity index (χ1) is 10.7. The summed E-state index contributed by atoms with van der Waals surface area (Å²) in [6.07, 6.45) is 3.35.